The molecular formula is C55H36F3N. The highest BCUT2D eigenvalue weighted by atomic mass is 19.4. The molecule has 0 N–H and O–H groups in total. The monoisotopic (exact) mass is 787 g/mol. The summed E-state index contributed by atoms with van der Waals surface area (Å²) < 4.78 is 218. The van der Waals surface area contributed by atoms with Crippen LogP contribution in [-0.2, 0) is 6.18 Å². The van der Waals surface area contributed by atoms with Gasteiger partial charge in [-0.05, 0) is 140 Å². The van der Waals surface area contributed by atoms with Gasteiger partial charge in [-0.15, -0.1) is 0 Å². The molecule has 0 unspecified atom stereocenters. The highest BCUT2D eigenvalue weighted by Gasteiger charge is 2.34. The van der Waals surface area contributed by atoms with E-state index < -0.39 is 133 Å². The smallest absolute Gasteiger partial charge is 0.309 e. The van der Waals surface area contributed by atoms with Crippen molar-refractivity contribution in [1.82, 2.24) is 4.57 Å². The average molecular weight is 788 g/mol. The van der Waals surface area contributed by atoms with Crippen LogP contribution in [0.3, 0.4) is 0 Å². The third-order valence-corrected chi connectivity index (χ3v) is 9.90. The topological polar surface area (TPSA) is 4.93 Å². The van der Waals surface area contributed by atoms with E-state index in [1.807, 2.05) is 0 Å². The van der Waals surface area contributed by atoms with Crippen LogP contribution in [0.5, 0.6) is 0 Å². The van der Waals surface area contributed by atoms with Crippen molar-refractivity contribution < 1.29 is 40.6 Å². The minimum absolute atomic E-state index is 0.00542. The van der Waals surface area contributed by atoms with Gasteiger partial charge in [0.05, 0.1) is 49.7 Å². The molecule has 1 heterocycles. The maximum atomic E-state index is 15.0. The van der Waals surface area contributed by atoms with Crippen molar-refractivity contribution in [2.45, 2.75) is 6.18 Å². The molecule has 10 aromatic rings. The molecule has 0 fully saturated rings. The lowest BCUT2D eigenvalue weighted by molar-refractivity contribution is -0.137. The van der Waals surface area contributed by atoms with Crippen LogP contribution >= 0.6 is 0 Å². The zero-order chi connectivity index (χ0) is 57.3. The van der Waals surface area contributed by atoms with Gasteiger partial charge in [-0.3, -0.25) is 0 Å². The van der Waals surface area contributed by atoms with E-state index in [0.717, 1.165) is 6.07 Å². The van der Waals surface area contributed by atoms with E-state index in [0.29, 0.717) is 21.9 Å². The molecule has 0 atom stereocenters. The number of hydrogen-bond donors (Lipinski definition) is 0. The van der Waals surface area contributed by atoms with Crippen molar-refractivity contribution in [3.05, 3.63) is 223 Å². The third-order valence-electron chi connectivity index (χ3n) is 9.90. The first-order valence-electron chi connectivity index (χ1n) is 28.0. The molecule has 0 amide bonds. The number of aromatic nitrogens is 1. The first-order chi connectivity index (χ1) is 37.2. The number of halogens is 3. The van der Waals surface area contributed by atoms with Gasteiger partial charge in [-0.25, -0.2) is 0 Å². The van der Waals surface area contributed by atoms with Crippen LogP contribution in [-0.4, -0.2) is 4.57 Å². The number of alkyl halides is 3. The summed E-state index contributed by atoms with van der Waals surface area (Å²) in [6.07, 6.45) is -4.85. The lowest BCUT2D eigenvalue weighted by Gasteiger charge is -2.16. The molecular weight excluding hydrogens is 732 g/mol. The number of benzene rings is 9. The molecule has 0 bridgehead atoms. The fourth-order valence-electron chi connectivity index (χ4n) is 7.29. The number of rotatable bonds is 7. The first kappa shape index (κ1) is 20.3. The summed E-state index contributed by atoms with van der Waals surface area (Å²) in [5, 5.41) is 0.605. The summed E-state index contributed by atoms with van der Waals surface area (Å²) in [5.74, 6) is 0. The van der Waals surface area contributed by atoms with Crippen LogP contribution in [0.15, 0.2) is 218 Å². The molecule has 4 heteroatoms. The summed E-state index contributed by atoms with van der Waals surface area (Å²) in [6.45, 7) is 0. The van der Waals surface area contributed by atoms with E-state index in [1.165, 1.54) is 71.3 Å². The minimum atomic E-state index is -4.85. The predicted molar refractivity (Wildman–Crippen MR) is 238 cm³/mol. The van der Waals surface area contributed by atoms with Gasteiger partial charge < -0.3 is 4.57 Å². The Morgan fingerprint density at radius 3 is 1.00 bits per heavy atom. The van der Waals surface area contributed by atoms with Gasteiger partial charge in [0.25, 0.3) is 0 Å². The second kappa shape index (κ2) is 14.8. The van der Waals surface area contributed by atoms with E-state index in [-0.39, 0.29) is 72.4 Å². The van der Waals surface area contributed by atoms with Crippen LogP contribution in [0.4, 0.5) is 13.2 Å². The average Bonchev–Trinajstić information content (AvgIpc) is 4.03. The standard InChI is InChI=1S/C55H36F3N/c56-55(57,58)51-23-13-14-24-54(51)59-52-27-25-41(47-31-43(37-15-5-1-6-16-37)29-44(32-47)38-17-7-2-8-18-38)35-49(52)50-36-42(26-28-53(50)59)48-33-45(39-19-9-3-10-20-39)30-46(34-48)40-21-11-4-12-22-40/h1-36H/i1D,2D,3D,4D,5D,6D,7D,8D,9D,10D,11D,12D,15D,16D,17D,18D,19D,20D,21D,22D. The quantitative estimate of drug-likeness (QED) is 0.152. The normalized spacial score (nSPS) is 16.4. The largest absolute Gasteiger partial charge is 0.418 e. The van der Waals surface area contributed by atoms with Gasteiger partial charge in [0.1, 0.15) is 0 Å². The van der Waals surface area contributed by atoms with Crippen LogP contribution in [0.1, 0.15) is 33.0 Å². The SMILES string of the molecule is [2H]c1c([2H])c([2H])c(-c2cc(-c3ccc4c(c3)c3cc(-c5cc(-c6c([2H])c([2H])c([2H])c([2H])c6[2H])cc(-c6c([2H])c([2H])c([2H])c([2H])c6[2H])c5)ccc3n4-c3ccccc3C(F)(F)F)cc(-c3c([2H])c([2H])c([2H])c([2H])c3[2H])c2)c([2H])c1[2H]. The molecule has 59 heavy (non-hydrogen) atoms. The lowest BCUT2D eigenvalue weighted by Crippen LogP contribution is -2.10. The van der Waals surface area contributed by atoms with Crippen molar-refractivity contribution in [2.24, 2.45) is 0 Å². The molecule has 0 radical (unpaired) electrons. The molecule has 9 aromatic carbocycles. The van der Waals surface area contributed by atoms with Crippen LogP contribution < -0.4 is 0 Å². The predicted octanol–water partition coefficient (Wildman–Crippen LogP) is 15.8. The zero-order valence-electron chi connectivity index (χ0n) is 50.3. The number of para-hydroxylation sites is 1. The lowest BCUT2D eigenvalue weighted by atomic mass is 9.92. The molecule has 282 valence electrons. The zero-order valence-corrected chi connectivity index (χ0v) is 30.3. The Kier molecular flexibility index (Phi) is 5.10. The van der Waals surface area contributed by atoms with Gasteiger partial charge >= 0.3 is 6.18 Å². The fourth-order valence-corrected chi connectivity index (χ4v) is 7.29. The Morgan fingerprint density at radius 2 is 0.661 bits per heavy atom. The number of hydrogen-bond acceptors (Lipinski definition) is 0. The molecule has 0 saturated carbocycles. The Morgan fingerprint density at radius 1 is 0.339 bits per heavy atom. The maximum Gasteiger partial charge on any atom is 0.418 e. The summed E-state index contributed by atoms with van der Waals surface area (Å²) in [6, 6.07) is 9.95. The van der Waals surface area contributed by atoms with Gasteiger partial charge in [-0.2, -0.15) is 13.2 Å². The molecule has 1 aromatic heterocycles. The summed E-state index contributed by atoms with van der Waals surface area (Å²) in [7, 11) is 0. The fraction of sp³-hybridized carbons (Fsp3) is 0.0182. The molecule has 1 nitrogen and oxygen atoms in total. The Labute approximate surface area is 369 Å². The van der Waals surface area contributed by atoms with Crippen molar-refractivity contribution in [2.75, 3.05) is 0 Å². The third kappa shape index (κ3) is 6.89. The van der Waals surface area contributed by atoms with Crippen molar-refractivity contribution >= 4 is 21.8 Å². The summed E-state index contributed by atoms with van der Waals surface area (Å²) >= 11 is 0. The van der Waals surface area contributed by atoms with Crippen molar-refractivity contribution in [1.29, 1.82) is 0 Å². The molecule has 0 aliphatic rings. The number of fused-ring (bicyclic) bond motifs is 3. The van der Waals surface area contributed by atoms with Crippen molar-refractivity contribution in [3.63, 3.8) is 0 Å². The van der Waals surface area contributed by atoms with Gasteiger partial charge in [0.15, 0.2) is 0 Å². The second-order valence-corrected chi connectivity index (χ2v) is 13.4. The molecule has 0 aliphatic carbocycles. The van der Waals surface area contributed by atoms with E-state index in [1.54, 1.807) is 24.3 Å². The van der Waals surface area contributed by atoms with E-state index in [2.05, 4.69) is 0 Å². The summed E-state index contributed by atoms with van der Waals surface area (Å²) in [5.41, 5.74) is -0.894. The van der Waals surface area contributed by atoms with Crippen LogP contribution in [0, 0.1) is 0 Å². The highest BCUT2D eigenvalue weighted by Crippen LogP contribution is 2.43. The van der Waals surface area contributed by atoms with E-state index >= 15 is 0 Å². The summed E-state index contributed by atoms with van der Waals surface area (Å²) in [4.78, 5) is 0. The molecule has 0 saturated heterocycles. The maximum absolute atomic E-state index is 15.0. The van der Waals surface area contributed by atoms with Crippen LogP contribution in [0.2, 0.25) is 0 Å². The van der Waals surface area contributed by atoms with E-state index in [9.17, 15) is 13.2 Å². The first-order valence-corrected chi connectivity index (χ1v) is 18.0. The number of nitrogens with zero attached hydrogens (tertiary/aromatic N) is 1. The minimum Gasteiger partial charge on any atom is -0.309 e. The molecule has 0 spiro atoms. The Bertz CT molecular complexity index is 3790. The molecule has 10 rings (SSSR count). The highest BCUT2D eigenvalue weighted by molar-refractivity contribution is 6.12. The van der Waals surface area contributed by atoms with Gasteiger partial charge in [-0.1, -0.05) is 145 Å². The Hall–Kier alpha value is -7.43. The van der Waals surface area contributed by atoms with Gasteiger partial charge in [0, 0.05) is 10.8 Å². The molecule has 0 aliphatic heterocycles. The van der Waals surface area contributed by atoms with Crippen molar-refractivity contribution in [3.8, 4) is 72.4 Å². The van der Waals surface area contributed by atoms with Gasteiger partial charge in [0.2, 0.25) is 0 Å². The van der Waals surface area contributed by atoms with Crippen LogP contribution in [0.25, 0.3) is 94.3 Å². The second-order valence-electron chi connectivity index (χ2n) is 13.4. The Balaban J connectivity index is 1.30. The van der Waals surface area contributed by atoms with E-state index in [4.69, 9.17) is 27.4 Å².